The molecule has 158 valence electrons. The van der Waals surface area contributed by atoms with Crippen LogP contribution in [0.25, 0.3) is 10.9 Å². The Morgan fingerprint density at radius 3 is 2.62 bits per heavy atom. The molecule has 0 aliphatic rings. The van der Waals surface area contributed by atoms with Crippen LogP contribution in [0.1, 0.15) is 38.7 Å². The van der Waals surface area contributed by atoms with E-state index in [1.165, 1.54) is 0 Å². The van der Waals surface area contributed by atoms with Crippen LogP contribution < -0.4 is 11.1 Å². The van der Waals surface area contributed by atoms with Crippen LogP contribution in [0, 0.1) is 5.92 Å². The van der Waals surface area contributed by atoms with Crippen molar-refractivity contribution in [3.63, 3.8) is 0 Å². The topological polar surface area (TPSA) is 135 Å². The number of esters is 1. The van der Waals surface area contributed by atoms with Gasteiger partial charge in [-0.3, -0.25) is 9.59 Å². The van der Waals surface area contributed by atoms with E-state index in [1.54, 1.807) is 0 Å². The van der Waals surface area contributed by atoms with Gasteiger partial charge in [-0.15, -0.1) is 0 Å². The van der Waals surface area contributed by atoms with Gasteiger partial charge in [-0.05, 0) is 30.4 Å². The van der Waals surface area contributed by atoms with Gasteiger partial charge >= 0.3 is 11.9 Å². The molecule has 1 aromatic carbocycles. The van der Waals surface area contributed by atoms with E-state index in [1.807, 2.05) is 44.3 Å². The number of hydrogen-bond acceptors (Lipinski definition) is 5. The monoisotopic (exact) mass is 403 g/mol. The van der Waals surface area contributed by atoms with Gasteiger partial charge in [-0.25, -0.2) is 4.79 Å². The molecule has 1 unspecified atom stereocenters. The number of ether oxygens (including phenoxy) is 1. The number of para-hydroxylation sites is 1. The molecule has 0 aliphatic heterocycles. The first-order valence-corrected chi connectivity index (χ1v) is 9.77. The Bertz CT molecular complexity index is 846. The van der Waals surface area contributed by atoms with Gasteiger partial charge in [-0.2, -0.15) is 0 Å². The number of carbonyl (C=O) groups excluding carboxylic acids is 2. The molecule has 0 aliphatic carbocycles. The fourth-order valence-electron chi connectivity index (χ4n) is 2.89. The number of nitrogens with two attached hydrogens (primary N) is 1. The predicted octanol–water partition coefficient (Wildman–Crippen LogP) is 1.98. The molecule has 2 aromatic rings. The molecule has 1 amide bonds. The first kappa shape index (κ1) is 22.4. The largest absolute Gasteiger partial charge is 0.480 e. The standard InChI is InChI=1S/C21H29N3O5/c1-13(2)9-10-29-21(28)18(24-19(25)8-7-16(22)20(26)27)11-14-12-23-17-6-4-3-5-15(14)17/h3-6,12-13,16,18,23H,7-11,22H2,1-2H3,(H,24,25)(H,26,27)/t16?,18-/m0/s1. The number of fused-ring (bicyclic) bond motifs is 1. The fraction of sp³-hybridized carbons (Fsp3) is 0.476. The van der Waals surface area contributed by atoms with Crippen molar-refractivity contribution < 1.29 is 24.2 Å². The average molecular weight is 403 g/mol. The number of carbonyl (C=O) groups is 3. The molecule has 8 heteroatoms. The molecule has 8 nitrogen and oxygen atoms in total. The zero-order valence-corrected chi connectivity index (χ0v) is 16.8. The van der Waals surface area contributed by atoms with E-state index in [4.69, 9.17) is 15.6 Å². The summed E-state index contributed by atoms with van der Waals surface area (Å²) < 4.78 is 5.36. The second-order valence-electron chi connectivity index (χ2n) is 7.52. The summed E-state index contributed by atoms with van der Waals surface area (Å²) in [7, 11) is 0. The molecule has 29 heavy (non-hydrogen) atoms. The maximum Gasteiger partial charge on any atom is 0.328 e. The maximum atomic E-state index is 12.6. The molecule has 2 atom stereocenters. The van der Waals surface area contributed by atoms with E-state index >= 15 is 0 Å². The summed E-state index contributed by atoms with van der Waals surface area (Å²) in [6.45, 7) is 4.34. The lowest BCUT2D eigenvalue weighted by Crippen LogP contribution is -2.44. The van der Waals surface area contributed by atoms with Gasteiger partial charge in [0.15, 0.2) is 0 Å². The summed E-state index contributed by atoms with van der Waals surface area (Å²) >= 11 is 0. The van der Waals surface area contributed by atoms with Crippen LogP contribution in [0.3, 0.4) is 0 Å². The SMILES string of the molecule is CC(C)CCOC(=O)[C@H](Cc1c[nH]c2ccccc12)NC(=O)CCC(N)C(=O)O. The number of carboxylic acid groups (broad SMARTS) is 1. The molecule has 5 N–H and O–H groups in total. The summed E-state index contributed by atoms with van der Waals surface area (Å²) in [5.41, 5.74) is 7.27. The van der Waals surface area contributed by atoms with Crippen molar-refractivity contribution in [3.8, 4) is 0 Å². The first-order chi connectivity index (χ1) is 13.8. The van der Waals surface area contributed by atoms with E-state index in [9.17, 15) is 14.4 Å². The van der Waals surface area contributed by atoms with Crippen LogP contribution in [0.4, 0.5) is 0 Å². The Kier molecular flexibility index (Phi) is 8.21. The summed E-state index contributed by atoms with van der Waals surface area (Å²) in [6.07, 6.45) is 2.71. The number of H-pyrrole nitrogens is 1. The van der Waals surface area contributed by atoms with Gasteiger partial charge in [0.25, 0.3) is 0 Å². The zero-order valence-electron chi connectivity index (χ0n) is 16.8. The van der Waals surface area contributed by atoms with Gasteiger partial charge in [0.2, 0.25) is 5.91 Å². The number of hydrogen-bond donors (Lipinski definition) is 4. The third kappa shape index (κ3) is 6.90. The second-order valence-corrected chi connectivity index (χ2v) is 7.52. The Balaban J connectivity index is 2.07. The Morgan fingerprint density at radius 2 is 1.93 bits per heavy atom. The summed E-state index contributed by atoms with van der Waals surface area (Å²) in [4.78, 5) is 38.9. The van der Waals surface area contributed by atoms with E-state index in [0.29, 0.717) is 5.92 Å². The molecule has 0 fully saturated rings. The fourth-order valence-corrected chi connectivity index (χ4v) is 2.89. The molecule has 0 radical (unpaired) electrons. The van der Waals surface area contributed by atoms with Crippen molar-refractivity contribution >= 4 is 28.7 Å². The lowest BCUT2D eigenvalue weighted by molar-refractivity contribution is -0.148. The van der Waals surface area contributed by atoms with Crippen LogP contribution in [0.15, 0.2) is 30.5 Å². The Labute approximate surface area is 169 Å². The van der Waals surface area contributed by atoms with Gasteiger partial charge in [0, 0.05) is 29.9 Å². The van der Waals surface area contributed by atoms with Crippen molar-refractivity contribution in [1.82, 2.24) is 10.3 Å². The highest BCUT2D eigenvalue weighted by atomic mass is 16.5. The second kappa shape index (κ2) is 10.6. The number of nitrogens with one attached hydrogen (secondary N) is 2. The average Bonchev–Trinajstić information content (AvgIpc) is 3.08. The summed E-state index contributed by atoms with van der Waals surface area (Å²) in [6, 6.07) is 5.70. The number of carboxylic acids is 1. The number of aromatic nitrogens is 1. The molecule has 0 bridgehead atoms. The third-order valence-corrected chi connectivity index (χ3v) is 4.66. The van der Waals surface area contributed by atoms with Crippen molar-refractivity contribution in [3.05, 3.63) is 36.0 Å². The normalized spacial score (nSPS) is 13.2. The Morgan fingerprint density at radius 1 is 1.21 bits per heavy atom. The third-order valence-electron chi connectivity index (χ3n) is 4.66. The minimum atomic E-state index is -1.17. The number of benzene rings is 1. The van der Waals surface area contributed by atoms with Gasteiger partial charge in [-0.1, -0.05) is 32.0 Å². The summed E-state index contributed by atoms with van der Waals surface area (Å²) in [5.74, 6) is -1.72. The van der Waals surface area contributed by atoms with Gasteiger partial charge < -0.3 is 25.9 Å². The van der Waals surface area contributed by atoms with Crippen LogP contribution >= 0.6 is 0 Å². The molecule has 2 rings (SSSR count). The molecule has 0 saturated heterocycles. The van der Waals surface area contributed by atoms with Gasteiger partial charge in [0.1, 0.15) is 12.1 Å². The lowest BCUT2D eigenvalue weighted by Gasteiger charge is -2.18. The molecule has 0 spiro atoms. The zero-order chi connectivity index (χ0) is 21.4. The predicted molar refractivity (Wildman–Crippen MR) is 109 cm³/mol. The molecule has 0 saturated carbocycles. The van der Waals surface area contributed by atoms with Crippen LogP contribution in [-0.4, -0.2) is 46.6 Å². The molecule has 1 aromatic heterocycles. The smallest absolute Gasteiger partial charge is 0.328 e. The van der Waals surface area contributed by atoms with Crippen LogP contribution in [0.2, 0.25) is 0 Å². The highest BCUT2D eigenvalue weighted by Gasteiger charge is 2.25. The van der Waals surface area contributed by atoms with Crippen LogP contribution in [-0.2, 0) is 25.5 Å². The molecular formula is C21H29N3O5. The van der Waals surface area contributed by atoms with Crippen molar-refractivity contribution in [2.45, 2.75) is 51.6 Å². The van der Waals surface area contributed by atoms with E-state index in [0.717, 1.165) is 22.9 Å². The highest BCUT2D eigenvalue weighted by molar-refractivity contribution is 5.87. The molecule has 1 heterocycles. The Hall–Kier alpha value is -2.87. The van der Waals surface area contributed by atoms with Crippen molar-refractivity contribution in [2.24, 2.45) is 11.7 Å². The number of aliphatic carboxylic acids is 1. The molecular weight excluding hydrogens is 374 g/mol. The van der Waals surface area contributed by atoms with Crippen molar-refractivity contribution in [1.29, 1.82) is 0 Å². The number of rotatable bonds is 11. The quantitative estimate of drug-likeness (QED) is 0.424. The minimum absolute atomic E-state index is 0.0105. The van der Waals surface area contributed by atoms with E-state index in [2.05, 4.69) is 10.3 Å². The van der Waals surface area contributed by atoms with Gasteiger partial charge in [0.05, 0.1) is 6.61 Å². The lowest BCUT2D eigenvalue weighted by atomic mass is 10.0. The highest BCUT2D eigenvalue weighted by Crippen LogP contribution is 2.19. The van der Waals surface area contributed by atoms with Crippen LogP contribution in [0.5, 0.6) is 0 Å². The first-order valence-electron chi connectivity index (χ1n) is 9.77. The maximum absolute atomic E-state index is 12.6. The number of amides is 1. The minimum Gasteiger partial charge on any atom is -0.480 e. The van der Waals surface area contributed by atoms with E-state index < -0.39 is 29.9 Å². The summed E-state index contributed by atoms with van der Waals surface area (Å²) in [5, 5.41) is 12.5. The van der Waals surface area contributed by atoms with E-state index in [-0.39, 0.29) is 25.9 Å². The number of aromatic amines is 1. The van der Waals surface area contributed by atoms with Crippen molar-refractivity contribution in [2.75, 3.05) is 6.61 Å².